The molecular weight excluding hydrogens is 479 g/mol. The van der Waals surface area contributed by atoms with Crippen LogP contribution in [0.3, 0.4) is 0 Å². The van der Waals surface area contributed by atoms with Gasteiger partial charge in [0, 0.05) is 10.0 Å². The zero-order valence-electron chi connectivity index (χ0n) is 18.5. The summed E-state index contributed by atoms with van der Waals surface area (Å²) in [6.07, 6.45) is 1.25. The fraction of sp³-hybridized carbons (Fsp3) is 0.381. The van der Waals surface area contributed by atoms with Crippen molar-refractivity contribution < 1.29 is 27.4 Å². The third-order valence-corrected chi connectivity index (χ3v) is 5.79. The van der Waals surface area contributed by atoms with Gasteiger partial charge < -0.3 is 18.9 Å². The van der Waals surface area contributed by atoms with Crippen LogP contribution in [0.5, 0.6) is 17.2 Å². The van der Waals surface area contributed by atoms with Gasteiger partial charge in [-0.3, -0.25) is 4.72 Å². The molecule has 0 spiro atoms. The molecule has 8 nitrogen and oxygen atoms in total. The van der Waals surface area contributed by atoms with Gasteiger partial charge in [-0.25, -0.2) is 13.4 Å². The van der Waals surface area contributed by atoms with E-state index in [-0.39, 0.29) is 38.0 Å². The molecule has 0 aromatic heterocycles. The molecule has 0 amide bonds. The third-order valence-electron chi connectivity index (χ3n) is 4.03. The zero-order chi connectivity index (χ0) is 23.9. The van der Waals surface area contributed by atoms with Crippen LogP contribution in [0, 0.1) is 0 Å². The van der Waals surface area contributed by atoms with Crippen LogP contribution in [0.1, 0.15) is 25.8 Å². The minimum atomic E-state index is -4.09. The summed E-state index contributed by atoms with van der Waals surface area (Å²) in [6, 6.07) is 5.57. The Kier molecular flexibility index (Phi) is 9.30. The molecule has 0 unspecified atom stereocenters. The van der Waals surface area contributed by atoms with E-state index in [9.17, 15) is 8.42 Å². The highest BCUT2D eigenvalue weighted by Crippen LogP contribution is 2.46. The van der Waals surface area contributed by atoms with E-state index in [4.69, 9.17) is 42.1 Å². The lowest BCUT2D eigenvalue weighted by Crippen LogP contribution is -2.17. The van der Waals surface area contributed by atoms with Gasteiger partial charge in [-0.2, -0.15) is 0 Å². The first-order chi connectivity index (χ1) is 15.2. The molecule has 3 rings (SSSR count). The van der Waals surface area contributed by atoms with Gasteiger partial charge in [0.25, 0.3) is 10.0 Å². The molecule has 32 heavy (non-hydrogen) atoms. The largest absolute Gasteiger partial charge is 0.493 e. The Morgan fingerprint density at radius 3 is 2.06 bits per heavy atom. The highest BCUT2D eigenvalue weighted by molar-refractivity contribution is 7.92. The van der Waals surface area contributed by atoms with E-state index in [1.165, 1.54) is 45.9 Å². The second-order valence-corrected chi connectivity index (χ2v) is 9.08. The van der Waals surface area contributed by atoms with Gasteiger partial charge in [-0.05, 0) is 24.3 Å². The zero-order valence-corrected chi connectivity index (χ0v) is 20.8. The molecule has 1 aliphatic heterocycles. The van der Waals surface area contributed by atoms with Gasteiger partial charge >= 0.3 is 0 Å². The van der Waals surface area contributed by atoms with Crippen LogP contribution in [0.15, 0.2) is 34.2 Å². The Morgan fingerprint density at radius 2 is 1.59 bits per heavy atom. The van der Waals surface area contributed by atoms with Crippen molar-refractivity contribution in [1.29, 1.82) is 0 Å². The average molecular weight is 505 g/mol. The number of aliphatic imine (C=N–C) groups is 1. The number of hydrogen-bond acceptors (Lipinski definition) is 7. The topological polar surface area (TPSA) is 95.5 Å². The summed E-state index contributed by atoms with van der Waals surface area (Å²) in [6.45, 7) is 5.07. The Balaban J connectivity index is 0.00000114. The number of nitrogens with zero attached hydrogens (tertiary/aromatic N) is 1. The average Bonchev–Trinajstić information content (AvgIpc) is 3.27. The molecule has 2 aromatic carbocycles. The molecule has 0 radical (unpaired) electrons. The quantitative estimate of drug-likeness (QED) is 0.568. The molecule has 0 saturated carbocycles. The number of nitrogens with one attached hydrogen (secondary N) is 1. The molecular formula is C21H26Cl2N2O6S. The van der Waals surface area contributed by atoms with Crippen molar-refractivity contribution >= 4 is 44.8 Å². The fourth-order valence-corrected chi connectivity index (χ4v) is 4.61. The maximum Gasteiger partial charge on any atom is 0.262 e. The molecule has 0 saturated heterocycles. The van der Waals surface area contributed by atoms with Crippen LogP contribution in [0.25, 0.3) is 0 Å². The number of halogens is 2. The summed E-state index contributed by atoms with van der Waals surface area (Å²) < 4.78 is 50.3. The SMILES string of the molecule is CCC.COc1cc(C2=NCCO2)c(NS(=O)(=O)c2cc(Cl)cc(Cl)c2)c(OC)c1OC. The van der Waals surface area contributed by atoms with Crippen molar-refractivity contribution in [3.63, 3.8) is 0 Å². The van der Waals surface area contributed by atoms with Crippen LogP contribution in [-0.2, 0) is 14.8 Å². The number of rotatable bonds is 7. The number of anilines is 1. The number of ether oxygens (including phenoxy) is 4. The second-order valence-electron chi connectivity index (χ2n) is 6.52. The first-order valence-corrected chi connectivity index (χ1v) is 12.0. The van der Waals surface area contributed by atoms with E-state index in [0.717, 1.165) is 0 Å². The van der Waals surface area contributed by atoms with Crippen LogP contribution in [-0.4, -0.2) is 48.8 Å². The molecule has 0 fully saturated rings. The summed E-state index contributed by atoms with van der Waals surface area (Å²) in [4.78, 5) is 4.15. The van der Waals surface area contributed by atoms with Gasteiger partial charge in [0.15, 0.2) is 11.5 Å². The smallest absolute Gasteiger partial charge is 0.262 e. The minimum Gasteiger partial charge on any atom is -0.493 e. The molecule has 1 aliphatic rings. The van der Waals surface area contributed by atoms with Gasteiger partial charge in [0.1, 0.15) is 12.3 Å². The van der Waals surface area contributed by atoms with E-state index in [1.54, 1.807) is 6.07 Å². The van der Waals surface area contributed by atoms with Crippen molar-refractivity contribution in [3.8, 4) is 17.2 Å². The summed E-state index contributed by atoms with van der Waals surface area (Å²) in [5.74, 6) is 0.897. The Bertz CT molecular complexity index is 1070. The third kappa shape index (κ3) is 5.90. The lowest BCUT2D eigenvalue weighted by Gasteiger charge is -2.20. The highest BCUT2D eigenvalue weighted by Gasteiger charge is 2.29. The molecule has 1 heterocycles. The van der Waals surface area contributed by atoms with Crippen molar-refractivity contribution in [3.05, 3.63) is 39.9 Å². The van der Waals surface area contributed by atoms with Gasteiger partial charge in [0.05, 0.1) is 38.3 Å². The van der Waals surface area contributed by atoms with Crippen LogP contribution in [0.2, 0.25) is 10.0 Å². The predicted octanol–water partition coefficient (Wildman–Crippen LogP) is 5.01. The van der Waals surface area contributed by atoms with Crippen molar-refractivity contribution in [1.82, 2.24) is 0 Å². The van der Waals surface area contributed by atoms with E-state index in [2.05, 4.69) is 23.6 Å². The Hall–Kier alpha value is -2.36. The van der Waals surface area contributed by atoms with E-state index in [0.29, 0.717) is 24.5 Å². The lowest BCUT2D eigenvalue weighted by atomic mass is 10.1. The maximum absolute atomic E-state index is 13.1. The molecule has 2 aromatic rings. The Morgan fingerprint density at radius 1 is 1.00 bits per heavy atom. The minimum absolute atomic E-state index is 0.0851. The summed E-state index contributed by atoms with van der Waals surface area (Å²) >= 11 is 11.9. The number of methoxy groups -OCH3 is 3. The summed E-state index contributed by atoms with van der Waals surface area (Å²) in [7, 11) is 0.158. The van der Waals surface area contributed by atoms with Crippen LogP contribution >= 0.6 is 23.2 Å². The van der Waals surface area contributed by atoms with E-state index in [1.807, 2.05) is 0 Å². The highest BCUT2D eigenvalue weighted by atomic mass is 35.5. The van der Waals surface area contributed by atoms with Crippen molar-refractivity contribution in [2.24, 2.45) is 4.99 Å². The molecule has 0 bridgehead atoms. The fourth-order valence-electron chi connectivity index (χ4n) is 2.80. The molecule has 176 valence electrons. The van der Waals surface area contributed by atoms with Crippen LogP contribution in [0.4, 0.5) is 5.69 Å². The van der Waals surface area contributed by atoms with Gasteiger partial charge in [0.2, 0.25) is 11.6 Å². The molecule has 0 atom stereocenters. The number of benzene rings is 2. The first-order valence-electron chi connectivity index (χ1n) is 9.71. The van der Waals surface area contributed by atoms with Gasteiger partial charge in [-0.15, -0.1) is 0 Å². The standard InChI is InChI=1S/C18H18Cl2N2O6S.C3H8/c1-25-14-9-13(18-21-4-5-28-18)15(17(27-3)16(14)26-2)22-29(23,24)12-7-10(19)6-11(20)8-12;1-3-2/h6-9,22H,4-5H2,1-3H3;3H2,1-2H3. The maximum atomic E-state index is 13.1. The molecule has 0 aliphatic carbocycles. The Labute approximate surface area is 198 Å². The van der Waals surface area contributed by atoms with E-state index >= 15 is 0 Å². The molecule has 11 heteroatoms. The predicted molar refractivity (Wildman–Crippen MR) is 127 cm³/mol. The normalized spacial score (nSPS) is 12.8. The molecule has 1 N–H and O–H groups in total. The lowest BCUT2D eigenvalue weighted by molar-refractivity contribution is 0.324. The summed E-state index contributed by atoms with van der Waals surface area (Å²) in [5.41, 5.74) is 0.426. The van der Waals surface area contributed by atoms with Crippen molar-refractivity contribution in [2.75, 3.05) is 39.2 Å². The first kappa shape index (κ1) is 25.9. The number of hydrogen-bond donors (Lipinski definition) is 1. The van der Waals surface area contributed by atoms with Crippen molar-refractivity contribution in [2.45, 2.75) is 25.2 Å². The van der Waals surface area contributed by atoms with Gasteiger partial charge in [-0.1, -0.05) is 43.5 Å². The van der Waals surface area contributed by atoms with Crippen LogP contribution < -0.4 is 18.9 Å². The second kappa shape index (κ2) is 11.5. The monoisotopic (exact) mass is 504 g/mol. The number of sulfonamides is 1. The van der Waals surface area contributed by atoms with E-state index < -0.39 is 10.0 Å². The summed E-state index contributed by atoms with van der Waals surface area (Å²) in [5, 5.41) is 0.363.